The summed E-state index contributed by atoms with van der Waals surface area (Å²) in [5.41, 5.74) is 1.11. The molecule has 0 unspecified atom stereocenters. The normalized spacial score (nSPS) is 18.0. The number of carbonyl (C=O) groups is 3. The standard InChI is InChI=1S/C27H36FN5O5/c1-16(2)29-26(36)30-21-10-11-23-22(12-21)25(35)33(18(4)15-34)13-17(3)24(38-23)14-32(5)27(37)31-20-8-6-19(28)7-9-20/h6-12,16-18,24,34H,13-15H2,1-5H3,(H,31,37)(H2,29,30,36)/t17-,18-,24+/m1/s1. The van der Waals surface area contributed by atoms with Gasteiger partial charge in [0.25, 0.3) is 5.91 Å². The summed E-state index contributed by atoms with van der Waals surface area (Å²) in [5, 5.41) is 18.0. The summed E-state index contributed by atoms with van der Waals surface area (Å²) in [6, 6.07) is 8.93. The van der Waals surface area contributed by atoms with Gasteiger partial charge in [0.1, 0.15) is 17.7 Å². The van der Waals surface area contributed by atoms with Crippen LogP contribution in [0.2, 0.25) is 0 Å². The van der Waals surface area contributed by atoms with Gasteiger partial charge in [-0.2, -0.15) is 0 Å². The van der Waals surface area contributed by atoms with Crippen molar-refractivity contribution in [1.29, 1.82) is 0 Å². The van der Waals surface area contributed by atoms with Crippen LogP contribution in [0.5, 0.6) is 5.75 Å². The van der Waals surface area contributed by atoms with E-state index >= 15 is 0 Å². The van der Waals surface area contributed by atoms with Crippen molar-refractivity contribution < 1.29 is 28.6 Å². The number of ether oxygens (including phenoxy) is 1. The summed E-state index contributed by atoms with van der Waals surface area (Å²) in [6.45, 7) is 7.59. The molecule has 11 heteroatoms. The number of rotatable bonds is 7. The molecule has 38 heavy (non-hydrogen) atoms. The Bertz CT molecular complexity index is 1140. The minimum absolute atomic E-state index is 0.0651. The highest BCUT2D eigenvalue weighted by Crippen LogP contribution is 2.30. The largest absolute Gasteiger partial charge is 0.487 e. The van der Waals surface area contributed by atoms with Crippen molar-refractivity contribution in [2.24, 2.45) is 5.92 Å². The van der Waals surface area contributed by atoms with Crippen molar-refractivity contribution in [2.75, 3.05) is 37.4 Å². The Kier molecular flexibility index (Phi) is 9.51. The van der Waals surface area contributed by atoms with Gasteiger partial charge in [-0.05, 0) is 63.2 Å². The second-order valence-corrected chi connectivity index (χ2v) is 9.90. The Morgan fingerprint density at radius 1 is 1.13 bits per heavy atom. The van der Waals surface area contributed by atoms with E-state index in [1.54, 1.807) is 37.1 Å². The van der Waals surface area contributed by atoms with Gasteiger partial charge in [0.15, 0.2) is 0 Å². The third kappa shape index (κ3) is 7.34. The number of carbonyl (C=O) groups excluding carboxylic acids is 3. The fraction of sp³-hybridized carbons (Fsp3) is 0.444. The molecule has 10 nitrogen and oxygen atoms in total. The highest BCUT2D eigenvalue weighted by atomic mass is 19.1. The number of aliphatic hydroxyl groups excluding tert-OH is 1. The number of anilines is 2. The van der Waals surface area contributed by atoms with Gasteiger partial charge in [0, 0.05) is 36.9 Å². The average molecular weight is 530 g/mol. The molecule has 2 aromatic rings. The van der Waals surface area contributed by atoms with Crippen LogP contribution in [-0.2, 0) is 0 Å². The molecule has 1 heterocycles. The second-order valence-electron chi connectivity index (χ2n) is 9.90. The van der Waals surface area contributed by atoms with E-state index in [1.807, 2.05) is 20.8 Å². The van der Waals surface area contributed by atoms with E-state index in [2.05, 4.69) is 16.0 Å². The van der Waals surface area contributed by atoms with Crippen LogP contribution in [0.15, 0.2) is 42.5 Å². The molecule has 0 aromatic heterocycles. The SMILES string of the molecule is CC(C)NC(=O)Nc1ccc2c(c1)C(=O)N([C@H](C)CO)C[C@@H](C)[C@H](CN(C)C(=O)Nc1ccc(F)cc1)O2. The molecule has 1 aliphatic rings. The molecule has 0 saturated carbocycles. The van der Waals surface area contributed by atoms with E-state index in [9.17, 15) is 23.9 Å². The van der Waals surface area contributed by atoms with Crippen molar-refractivity contribution >= 4 is 29.3 Å². The van der Waals surface area contributed by atoms with Crippen LogP contribution in [0.1, 0.15) is 38.1 Å². The average Bonchev–Trinajstić information content (AvgIpc) is 2.86. The number of halogens is 1. The quantitative estimate of drug-likeness (QED) is 0.435. The number of likely N-dealkylation sites (N-methyl/N-ethyl adjacent to an activating group) is 1. The summed E-state index contributed by atoms with van der Waals surface area (Å²) < 4.78 is 19.5. The molecular weight excluding hydrogens is 493 g/mol. The third-order valence-corrected chi connectivity index (χ3v) is 6.24. The molecule has 3 atom stereocenters. The maximum absolute atomic E-state index is 13.5. The second kappa shape index (κ2) is 12.6. The van der Waals surface area contributed by atoms with Gasteiger partial charge in [-0.25, -0.2) is 14.0 Å². The minimum Gasteiger partial charge on any atom is -0.487 e. The lowest BCUT2D eigenvalue weighted by Gasteiger charge is -2.38. The molecule has 0 fully saturated rings. The fourth-order valence-corrected chi connectivity index (χ4v) is 4.05. The molecule has 1 aliphatic heterocycles. The predicted octanol–water partition coefficient (Wildman–Crippen LogP) is 3.74. The van der Waals surface area contributed by atoms with E-state index in [-0.39, 0.29) is 43.1 Å². The van der Waals surface area contributed by atoms with Gasteiger partial charge in [0.05, 0.1) is 24.8 Å². The topological polar surface area (TPSA) is 123 Å². The highest BCUT2D eigenvalue weighted by Gasteiger charge is 2.34. The highest BCUT2D eigenvalue weighted by molar-refractivity contribution is 5.99. The van der Waals surface area contributed by atoms with E-state index in [1.165, 1.54) is 29.2 Å². The van der Waals surface area contributed by atoms with E-state index in [0.717, 1.165) is 0 Å². The number of benzene rings is 2. The Morgan fingerprint density at radius 2 is 1.79 bits per heavy atom. The molecule has 0 aliphatic carbocycles. The van der Waals surface area contributed by atoms with Gasteiger partial charge in [0.2, 0.25) is 0 Å². The maximum atomic E-state index is 13.5. The van der Waals surface area contributed by atoms with Gasteiger partial charge in [-0.15, -0.1) is 0 Å². The number of hydrogen-bond acceptors (Lipinski definition) is 5. The molecular formula is C27H36FN5O5. The lowest BCUT2D eigenvalue weighted by Crippen LogP contribution is -2.50. The summed E-state index contributed by atoms with van der Waals surface area (Å²) in [7, 11) is 1.62. The zero-order valence-electron chi connectivity index (χ0n) is 22.3. The van der Waals surface area contributed by atoms with Crippen LogP contribution in [-0.4, -0.2) is 77.8 Å². The van der Waals surface area contributed by atoms with E-state index in [0.29, 0.717) is 17.1 Å². The van der Waals surface area contributed by atoms with Gasteiger partial charge in [-0.3, -0.25) is 4.79 Å². The molecule has 0 saturated heterocycles. The van der Waals surface area contributed by atoms with Crippen LogP contribution in [0.3, 0.4) is 0 Å². The third-order valence-electron chi connectivity index (χ3n) is 6.24. The Labute approximate surface area is 222 Å². The molecule has 4 N–H and O–H groups in total. The zero-order chi connectivity index (χ0) is 28.0. The monoisotopic (exact) mass is 529 g/mol. The summed E-state index contributed by atoms with van der Waals surface area (Å²) >= 11 is 0. The number of urea groups is 2. The van der Waals surface area contributed by atoms with Gasteiger partial charge < -0.3 is 35.6 Å². The van der Waals surface area contributed by atoms with E-state index < -0.39 is 30.0 Å². The molecule has 5 amide bonds. The van der Waals surface area contributed by atoms with Crippen molar-refractivity contribution in [3.8, 4) is 5.75 Å². The molecule has 2 aromatic carbocycles. The first-order chi connectivity index (χ1) is 18.0. The number of hydrogen-bond donors (Lipinski definition) is 4. The first kappa shape index (κ1) is 28.7. The molecule has 206 valence electrons. The van der Waals surface area contributed by atoms with Crippen molar-refractivity contribution in [1.82, 2.24) is 15.1 Å². The van der Waals surface area contributed by atoms with Crippen LogP contribution in [0.4, 0.5) is 25.4 Å². The van der Waals surface area contributed by atoms with Crippen molar-refractivity contribution in [3.05, 3.63) is 53.8 Å². The summed E-state index contributed by atoms with van der Waals surface area (Å²) in [4.78, 5) is 41.5. The number of nitrogens with one attached hydrogen (secondary N) is 3. The molecule has 0 bridgehead atoms. The van der Waals surface area contributed by atoms with Crippen LogP contribution in [0.25, 0.3) is 0 Å². The van der Waals surface area contributed by atoms with Crippen LogP contribution < -0.4 is 20.7 Å². The van der Waals surface area contributed by atoms with Crippen LogP contribution in [0, 0.1) is 11.7 Å². The number of amides is 5. The number of nitrogens with zero attached hydrogens (tertiary/aromatic N) is 2. The molecule has 0 radical (unpaired) electrons. The predicted molar refractivity (Wildman–Crippen MR) is 143 cm³/mol. The van der Waals surface area contributed by atoms with Crippen LogP contribution >= 0.6 is 0 Å². The van der Waals surface area contributed by atoms with Crippen molar-refractivity contribution in [3.63, 3.8) is 0 Å². The van der Waals surface area contributed by atoms with Crippen molar-refractivity contribution in [2.45, 2.75) is 45.9 Å². The number of fused-ring (bicyclic) bond motifs is 1. The Balaban J connectivity index is 1.85. The minimum atomic E-state index is -0.498. The smallest absolute Gasteiger partial charge is 0.321 e. The number of aliphatic hydroxyl groups is 1. The summed E-state index contributed by atoms with van der Waals surface area (Å²) in [5.74, 6) is -0.621. The maximum Gasteiger partial charge on any atom is 0.321 e. The Morgan fingerprint density at radius 3 is 2.42 bits per heavy atom. The van der Waals surface area contributed by atoms with E-state index in [4.69, 9.17) is 4.74 Å². The lowest BCUT2D eigenvalue weighted by molar-refractivity contribution is 0.0371. The summed E-state index contributed by atoms with van der Waals surface area (Å²) in [6.07, 6.45) is -0.498. The molecule has 0 spiro atoms. The Hall–Kier alpha value is -3.86. The first-order valence-electron chi connectivity index (χ1n) is 12.6. The van der Waals surface area contributed by atoms with Gasteiger partial charge in [-0.1, -0.05) is 6.92 Å². The lowest BCUT2D eigenvalue weighted by atomic mass is 9.99. The fourth-order valence-electron chi connectivity index (χ4n) is 4.05. The molecule has 3 rings (SSSR count). The van der Waals surface area contributed by atoms with Gasteiger partial charge >= 0.3 is 12.1 Å². The first-order valence-corrected chi connectivity index (χ1v) is 12.6. The zero-order valence-corrected chi connectivity index (χ0v) is 22.3.